The number of rotatable bonds is 9. The van der Waals surface area contributed by atoms with E-state index in [1.165, 1.54) is 21.7 Å². The molecule has 0 radical (unpaired) electrons. The van der Waals surface area contributed by atoms with Crippen LogP contribution in [0.25, 0.3) is 10.9 Å². The van der Waals surface area contributed by atoms with Gasteiger partial charge in [-0.25, -0.2) is 9.18 Å². The van der Waals surface area contributed by atoms with Crippen molar-refractivity contribution in [2.45, 2.75) is 45.0 Å². The fourth-order valence-corrected chi connectivity index (χ4v) is 4.16. The first-order valence-electron chi connectivity index (χ1n) is 11.4. The summed E-state index contributed by atoms with van der Waals surface area (Å²) in [5, 5.41) is 20.2. The number of fused-ring (bicyclic) bond motifs is 1. The van der Waals surface area contributed by atoms with Crippen molar-refractivity contribution in [3.8, 4) is 0 Å². The SMILES string of the molecule is CC(O)c1nn(CC(=O)N(CC(=O)NCc2cccc(Cl)c2F)C2CC2)c2ccc(NC(N)=O)cc12. The second-order valence-electron chi connectivity index (χ2n) is 8.68. The van der Waals surface area contributed by atoms with Crippen LogP contribution in [0.15, 0.2) is 36.4 Å². The van der Waals surface area contributed by atoms with E-state index in [1.54, 1.807) is 31.2 Å². The standard InChI is InChI=1S/C24H26ClFN6O4/c1-13(33)23-17-9-15(29-24(27)36)5-8-19(17)32(30-23)12-21(35)31(16-6-7-16)11-20(34)28-10-14-3-2-4-18(25)22(14)26/h2-5,8-9,13,16,33H,6-7,10-12H2,1H3,(H,28,34)(H3,27,29,36). The first-order valence-corrected chi connectivity index (χ1v) is 11.8. The number of benzene rings is 2. The van der Waals surface area contributed by atoms with E-state index in [1.807, 2.05) is 0 Å². The molecule has 190 valence electrons. The Balaban J connectivity index is 1.48. The number of aromatic nitrogens is 2. The Morgan fingerprint density at radius 2 is 2.06 bits per heavy atom. The third kappa shape index (κ3) is 5.74. The van der Waals surface area contributed by atoms with Crippen LogP contribution in [0.1, 0.15) is 37.1 Å². The molecule has 0 bridgehead atoms. The van der Waals surface area contributed by atoms with E-state index < -0.39 is 23.9 Å². The topological polar surface area (TPSA) is 143 Å². The van der Waals surface area contributed by atoms with E-state index in [2.05, 4.69) is 15.7 Å². The van der Waals surface area contributed by atoms with Gasteiger partial charge in [0.1, 0.15) is 12.4 Å². The van der Waals surface area contributed by atoms with Gasteiger partial charge in [0.05, 0.1) is 28.9 Å². The average molecular weight is 517 g/mol. The molecule has 4 amide bonds. The predicted molar refractivity (Wildman–Crippen MR) is 132 cm³/mol. The van der Waals surface area contributed by atoms with Gasteiger partial charge in [-0.3, -0.25) is 14.3 Å². The Hall–Kier alpha value is -3.70. The minimum Gasteiger partial charge on any atom is -0.387 e. The van der Waals surface area contributed by atoms with E-state index in [0.717, 1.165) is 12.8 Å². The van der Waals surface area contributed by atoms with Crippen molar-refractivity contribution >= 4 is 46.0 Å². The zero-order valence-electron chi connectivity index (χ0n) is 19.5. The molecular formula is C24H26ClFN6O4. The number of aliphatic hydroxyl groups is 1. The van der Waals surface area contributed by atoms with Crippen molar-refractivity contribution in [1.82, 2.24) is 20.0 Å². The summed E-state index contributed by atoms with van der Waals surface area (Å²) in [5.74, 6) is -1.34. The molecule has 36 heavy (non-hydrogen) atoms. The van der Waals surface area contributed by atoms with E-state index in [-0.39, 0.29) is 42.2 Å². The minimum absolute atomic E-state index is 0.0305. The summed E-state index contributed by atoms with van der Waals surface area (Å²) < 4.78 is 15.6. The Morgan fingerprint density at radius 3 is 2.72 bits per heavy atom. The van der Waals surface area contributed by atoms with Crippen LogP contribution in [-0.2, 0) is 22.7 Å². The van der Waals surface area contributed by atoms with Gasteiger partial charge >= 0.3 is 6.03 Å². The average Bonchev–Trinajstić information content (AvgIpc) is 3.60. The monoisotopic (exact) mass is 516 g/mol. The highest BCUT2D eigenvalue weighted by Crippen LogP contribution is 2.29. The van der Waals surface area contributed by atoms with Crippen molar-refractivity contribution in [3.63, 3.8) is 0 Å². The van der Waals surface area contributed by atoms with Gasteiger partial charge in [-0.2, -0.15) is 5.10 Å². The number of nitrogens with one attached hydrogen (secondary N) is 2. The molecular weight excluding hydrogens is 491 g/mol. The maximum absolute atomic E-state index is 14.1. The van der Waals surface area contributed by atoms with E-state index >= 15 is 0 Å². The summed E-state index contributed by atoms with van der Waals surface area (Å²) in [4.78, 5) is 38.5. The Labute approximate surface area is 211 Å². The van der Waals surface area contributed by atoms with E-state index in [9.17, 15) is 23.9 Å². The second-order valence-corrected chi connectivity index (χ2v) is 9.09. The number of halogens is 2. The molecule has 12 heteroatoms. The number of hydrogen-bond acceptors (Lipinski definition) is 5. The first-order chi connectivity index (χ1) is 17.1. The number of nitrogens with two attached hydrogens (primary N) is 1. The van der Waals surface area contributed by atoms with Gasteiger partial charge in [-0.05, 0) is 44.0 Å². The molecule has 1 atom stereocenters. The zero-order chi connectivity index (χ0) is 26.0. The van der Waals surface area contributed by atoms with Crippen LogP contribution in [0.4, 0.5) is 14.9 Å². The fraction of sp³-hybridized carbons (Fsp3) is 0.333. The highest BCUT2D eigenvalue weighted by atomic mass is 35.5. The number of amides is 4. The molecule has 0 saturated heterocycles. The molecule has 1 heterocycles. The Bertz CT molecular complexity index is 1320. The normalized spacial score (nSPS) is 13.9. The van der Waals surface area contributed by atoms with Gasteiger partial charge in [0, 0.05) is 29.2 Å². The number of nitrogens with zero attached hydrogens (tertiary/aromatic N) is 3. The van der Waals surface area contributed by atoms with Crippen LogP contribution in [0.2, 0.25) is 5.02 Å². The molecule has 1 aliphatic rings. The molecule has 1 fully saturated rings. The fourth-order valence-electron chi connectivity index (χ4n) is 3.97. The van der Waals surface area contributed by atoms with Gasteiger partial charge in [0.25, 0.3) is 0 Å². The maximum Gasteiger partial charge on any atom is 0.316 e. The lowest BCUT2D eigenvalue weighted by molar-refractivity contribution is -0.137. The smallest absolute Gasteiger partial charge is 0.316 e. The summed E-state index contributed by atoms with van der Waals surface area (Å²) in [7, 11) is 0. The number of anilines is 1. The Kier molecular flexibility index (Phi) is 7.41. The van der Waals surface area contributed by atoms with Gasteiger partial charge in [-0.1, -0.05) is 23.7 Å². The largest absolute Gasteiger partial charge is 0.387 e. The number of carbonyl (C=O) groups is 3. The van der Waals surface area contributed by atoms with Gasteiger partial charge in [0.15, 0.2) is 0 Å². The Morgan fingerprint density at radius 1 is 1.31 bits per heavy atom. The molecule has 1 aromatic heterocycles. The lowest BCUT2D eigenvalue weighted by Crippen LogP contribution is -2.43. The van der Waals surface area contributed by atoms with Gasteiger partial charge < -0.3 is 26.4 Å². The quantitative estimate of drug-likeness (QED) is 0.346. The van der Waals surface area contributed by atoms with E-state index in [0.29, 0.717) is 22.3 Å². The molecule has 0 spiro atoms. The van der Waals surface area contributed by atoms with Crippen molar-refractivity contribution in [2.24, 2.45) is 5.73 Å². The maximum atomic E-state index is 14.1. The van der Waals surface area contributed by atoms with Crippen molar-refractivity contribution in [2.75, 3.05) is 11.9 Å². The molecule has 2 aromatic carbocycles. The van der Waals surface area contributed by atoms with Crippen LogP contribution in [0.3, 0.4) is 0 Å². The molecule has 1 unspecified atom stereocenters. The lowest BCUT2D eigenvalue weighted by Gasteiger charge is -2.22. The zero-order valence-corrected chi connectivity index (χ0v) is 20.3. The van der Waals surface area contributed by atoms with Crippen molar-refractivity contribution in [1.29, 1.82) is 0 Å². The number of carbonyl (C=O) groups excluding carboxylic acids is 3. The molecule has 3 aromatic rings. The highest BCUT2D eigenvalue weighted by molar-refractivity contribution is 6.30. The number of primary amides is 1. The van der Waals surface area contributed by atoms with Gasteiger partial charge in [0.2, 0.25) is 11.8 Å². The lowest BCUT2D eigenvalue weighted by atomic mass is 10.1. The third-order valence-electron chi connectivity index (χ3n) is 5.86. The summed E-state index contributed by atoms with van der Waals surface area (Å²) in [5.41, 5.74) is 6.77. The van der Waals surface area contributed by atoms with Crippen LogP contribution in [-0.4, -0.2) is 50.2 Å². The summed E-state index contributed by atoms with van der Waals surface area (Å²) >= 11 is 5.79. The highest BCUT2D eigenvalue weighted by Gasteiger charge is 2.34. The molecule has 0 aliphatic heterocycles. The molecule has 1 saturated carbocycles. The molecule has 1 aliphatic carbocycles. The summed E-state index contributed by atoms with van der Waals surface area (Å²) in [6, 6.07) is 8.66. The molecule has 5 N–H and O–H groups in total. The summed E-state index contributed by atoms with van der Waals surface area (Å²) in [6.45, 7) is 1.16. The van der Waals surface area contributed by atoms with Crippen LogP contribution >= 0.6 is 11.6 Å². The second kappa shape index (κ2) is 10.5. The van der Waals surface area contributed by atoms with Crippen molar-refractivity contribution in [3.05, 3.63) is 58.5 Å². The van der Waals surface area contributed by atoms with Crippen molar-refractivity contribution < 1.29 is 23.9 Å². The van der Waals surface area contributed by atoms with Crippen LogP contribution in [0, 0.1) is 5.82 Å². The first kappa shape index (κ1) is 25.4. The number of hydrogen-bond donors (Lipinski definition) is 4. The van der Waals surface area contributed by atoms with Crippen LogP contribution < -0.4 is 16.4 Å². The predicted octanol–water partition coefficient (Wildman–Crippen LogP) is 2.68. The molecule has 10 nitrogen and oxygen atoms in total. The number of urea groups is 1. The van der Waals surface area contributed by atoms with Crippen LogP contribution in [0.5, 0.6) is 0 Å². The number of aliphatic hydroxyl groups excluding tert-OH is 1. The van der Waals surface area contributed by atoms with Gasteiger partial charge in [-0.15, -0.1) is 0 Å². The van der Waals surface area contributed by atoms with E-state index in [4.69, 9.17) is 17.3 Å². The third-order valence-corrected chi connectivity index (χ3v) is 6.15. The minimum atomic E-state index is -0.926. The summed E-state index contributed by atoms with van der Waals surface area (Å²) in [6.07, 6.45) is 0.635. The molecule has 4 rings (SSSR count).